The maximum atomic E-state index is 5.80. The Bertz CT molecular complexity index is 750. The quantitative estimate of drug-likeness (QED) is 0.706. The lowest BCUT2D eigenvalue weighted by molar-refractivity contribution is 0.279. The second-order valence-electron chi connectivity index (χ2n) is 4.83. The van der Waals surface area contributed by atoms with Crippen molar-refractivity contribution in [1.29, 1.82) is 0 Å². The van der Waals surface area contributed by atoms with E-state index in [1.54, 1.807) is 7.11 Å². The van der Waals surface area contributed by atoms with Gasteiger partial charge in [0.05, 0.1) is 7.11 Å². The summed E-state index contributed by atoms with van der Waals surface area (Å²) in [4.78, 5) is 4.52. The molecule has 4 nitrogen and oxygen atoms in total. The van der Waals surface area contributed by atoms with Crippen molar-refractivity contribution in [2.24, 2.45) is 0 Å². The van der Waals surface area contributed by atoms with Crippen LogP contribution in [0.3, 0.4) is 0 Å². The standard InChI is InChI=1S/C18H17NO3/c1-13-15(12-21-17-11-7-6-10-16(17)20-2)19-18(22-13)14-8-4-3-5-9-14/h3-11H,12H2,1-2H3. The smallest absolute Gasteiger partial charge is 0.226 e. The fourth-order valence-electron chi connectivity index (χ4n) is 2.15. The SMILES string of the molecule is COc1ccccc1OCc1nc(-c2ccccc2)oc1C. The van der Waals surface area contributed by atoms with Crippen molar-refractivity contribution in [1.82, 2.24) is 4.98 Å². The number of hydrogen-bond donors (Lipinski definition) is 0. The van der Waals surface area contributed by atoms with Gasteiger partial charge in [0.15, 0.2) is 11.5 Å². The molecular weight excluding hydrogens is 278 g/mol. The molecule has 0 saturated carbocycles. The zero-order valence-electron chi connectivity index (χ0n) is 12.6. The molecule has 0 N–H and O–H groups in total. The minimum atomic E-state index is 0.336. The fourth-order valence-corrected chi connectivity index (χ4v) is 2.15. The van der Waals surface area contributed by atoms with Crippen LogP contribution < -0.4 is 9.47 Å². The van der Waals surface area contributed by atoms with Crippen molar-refractivity contribution in [3.8, 4) is 23.0 Å². The molecule has 0 amide bonds. The number of oxazole rings is 1. The molecule has 3 aromatic rings. The van der Waals surface area contributed by atoms with Gasteiger partial charge < -0.3 is 13.9 Å². The predicted octanol–water partition coefficient (Wildman–Crippen LogP) is 4.24. The molecule has 112 valence electrons. The first-order valence-corrected chi connectivity index (χ1v) is 7.05. The van der Waals surface area contributed by atoms with Gasteiger partial charge in [-0.3, -0.25) is 0 Å². The molecule has 3 rings (SSSR count). The summed E-state index contributed by atoms with van der Waals surface area (Å²) in [5.41, 5.74) is 1.74. The van der Waals surface area contributed by atoms with Crippen molar-refractivity contribution in [3.05, 3.63) is 66.1 Å². The first-order chi connectivity index (χ1) is 10.8. The summed E-state index contributed by atoms with van der Waals surface area (Å²) >= 11 is 0. The highest BCUT2D eigenvalue weighted by atomic mass is 16.5. The highest BCUT2D eigenvalue weighted by molar-refractivity contribution is 5.53. The van der Waals surface area contributed by atoms with Gasteiger partial charge in [0.2, 0.25) is 5.89 Å². The molecule has 1 aromatic heterocycles. The van der Waals surface area contributed by atoms with E-state index in [2.05, 4.69) is 4.98 Å². The maximum absolute atomic E-state index is 5.80. The Morgan fingerprint density at radius 1 is 0.955 bits per heavy atom. The van der Waals surface area contributed by atoms with Crippen LogP contribution in [-0.2, 0) is 6.61 Å². The normalized spacial score (nSPS) is 10.5. The van der Waals surface area contributed by atoms with E-state index < -0.39 is 0 Å². The van der Waals surface area contributed by atoms with Crippen LogP contribution >= 0.6 is 0 Å². The molecule has 0 fully saturated rings. The minimum absolute atomic E-state index is 0.336. The molecule has 1 heterocycles. The van der Waals surface area contributed by atoms with Gasteiger partial charge in [0.25, 0.3) is 0 Å². The maximum Gasteiger partial charge on any atom is 0.226 e. The molecule has 0 aliphatic carbocycles. The summed E-state index contributed by atoms with van der Waals surface area (Å²) in [5.74, 6) is 2.76. The molecule has 2 aromatic carbocycles. The zero-order valence-corrected chi connectivity index (χ0v) is 12.6. The first kappa shape index (κ1) is 14.2. The highest BCUT2D eigenvalue weighted by Gasteiger charge is 2.12. The number of aromatic nitrogens is 1. The topological polar surface area (TPSA) is 44.5 Å². The van der Waals surface area contributed by atoms with E-state index in [4.69, 9.17) is 13.9 Å². The number of nitrogens with zero attached hydrogens (tertiary/aromatic N) is 1. The summed E-state index contributed by atoms with van der Waals surface area (Å²) in [6, 6.07) is 17.4. The van der Waals surface area contributed by atoms with Crippen LogP contribution in [0.4, 0.5) is 0 Å². The molecule has 0 radical (unpaired) electrons. The molecule has 0 spiro atoms. The number of hydrogen-bond acceptors (Lipinski definition) is 4. The number of para-hydroxylation sites is 2. The Morgan fingerprint density at radius 3 is 2.36 bits per heavy atom. The lowest BCUT2D eigenvalue weighted by Crippen LogP contribution is -1.99. The number of benzene rings is 2. The lowest BCUT2D eigenvalue weighted by Gasteiger charge is -2.08. The molecule has 0 atom stereocenters. The zero-order chi connectivity index (χ0) is 15.4. The van der Waals surface area contributed by atoms with E-state index in [1.165, 1.54) is 0 Å². The Labute approximate surface area is 129 Å². The van der Waals surface area contributed by atoms with Crippen LogP contribution in [0.25, 0.3) is 11.5 Å². The molecule has 0 aliphatic heterocycles. The number of ether oxygens (including phenoxy) is 2. The monoisotopic (exact) mass is 295 g/mol. The van der Waals surface area contributed by atoms with E-state index >= 15 is 0 Å². The van der Waals surface area contributed by atoms with E-state index in [0.717, 1.165) is 17.0 Å². The van der Waals surface area contributed by atoms with E-state index in [0.29, 0.717) is 24.0 Å². The van der Waals surface area contributed by atoms with Crippen molar-refractivity contribution in [3.63, 3.8) is 0 Å². The molecule has 0 bridgehead atoms. The van der Waals surface area contributed by atoms with Crippen molar-refractivity contribution < 1.29 is 13.9 Å². The number of rotatable bonds is 5. The van der Waals surface area contributed by atoms with Crippen LogP contribution in [0.2, 0.25) is 0 Å². The largest absolute Gasteiger partial charge is 0.493 e. The Morgan fingerprint density at radius 2 is 1.64 bits per heavy atom. The van der Waals surface area contributed by atoms with Gasteiger partial charge in [-0.05, 0) is 31.2 Å². The molecule has 0 aliphatic rings. The van der Waals surface area contributed by atoms with Gasteiger partial charge in [0.1, 0.15) is 18.1 Å². The van der Waals surface area contributed by atoms with Crippen LogP contribution in [0, 0.1) is 6.92 Å². The van der Waals surface area contributed by atoms with E-state index in [1.807, 2.05) is 61.5 Å². The molecule has 22 heavy (non-hydrogen) atoms. The summed E-state index contributed by atoms with van der Waals surface area (Å²) < 4.78 is 16.8. The summed E-state index contributed by atoms with van der Waals surface area (Å²) in [7, 11) is 1.62. The predicted molar refractivity (Wildman–Crippen MR) is 84.0 cm³/mol. The third-order valence-corrected chi connectivity index (χ3v) is 3.35. The second-order valence-corrected chi connectivity index (χ2v) is 4.83. The highest BCUT2D eigenvalue weighted by Crippen LogP contribution is 2.28. The summed E-state index contributed by atoms with van der Waals surface area (Å²) in [6.07, 6.45) is 0. The van der Waals surface area contributed by atoms with Crippen molar-refractivity contribution >= 4 is 0 Å². The first-order valence-electron chi connectivity index (χ1n) is 7.05. The van der Waals surface area contributed by atoms with E-state index in [9.17, 15) is 0 Å². The van der Waals surface area contributed by atoms with Crippen molar-refractivity contribution in [2.75, 3.05) is 7.11 Å². The van der Waals surface area contributed by atoms with Crippen molar-refractivity contribution in [2.45, 2.75) is 13.5 Å². The van der Waals surface area contributed by atoms with Crippen LogP contribution in [-0.4, -0.2) is 12.1 Å². The van der Waals surface area contributed by atoms with Gasteiger partial charge in [-0.2, -0.15) is 0 Å². The van der Waals surface area contributed by atoms with Crippen LogP contribution in [0.5, 0.6) is 11.5 Å². The second kappa shape index (κ2) is 6.35. The molecule has 0 saturated heterocycles. The third kappa shape index (κ3) is 2.96. The average molecular weight is 295 g/mol. The van der Waals surface area contributed by atoms with Gasteiger partial charge in [-0.15, -0.1) is 0 Å². The van der Waals surface area contributed by atoms with Gasteiger partial charge in [-0.1, -0.05) is 30.3 Å². The number of aryl methyl sites for hydroxylation is 1. The van der Waals surface area contributed by atoms with Gasteiger partial charge >= 0.3 is 0 Å². The third-order valence-electron chi connectivity index (χ3n) is 3.35. The average Bonchev–Trinajstić information content (AvgIpc) is 2.95. The van der Waals surface area contributed by atoms with Crippen LogP contribution in [0.15, 0.2) is 59.0 Å². The van der Waals surface area contributed by atoms with Gasteiger partial charge in [-0.25, -0.2) is 4.98 Å². The molecule has 4 heteroatoms. The molecule has 0 unspecified atom stereocenters. The Hall–Kier alpha value is -2.75. The molecular formula is C18H17NO3. The van der Waals surface area contributed by atoms with E-state index in [-0.39, 0.29) is 0 Å². The Kier molecular flexibility index (Phi) is 4.10. The number of methoxy groups -OCH3 is 1. The van der Waals surface area contributed by atoms with Crippen LogP contribution in [0.1, 0.15) is 11.5 Å². The fraction of sp³-hybridized carbons (Fsp3) is 0.167. The lowest BCUT2D eigenvalue weighted by atomic mass is 10.2. The van der Waals surface area contributed by atoms with Gasteiger partial charge in [0, 0.05) is 5.56 Å². The Balaban J connectivity index is 1.78. The summed E-state index contributed by atoms with van der Waals surface area (Å²) in [5, 5.41) is 0. The minimum Gasteiger partial charge on any atom is -0.493 e. The summed E-state index contributed by atoms with van der Waals surface area (Å²) in [6.45, 7) is 2.23.